The molecular formula is C18H26N4O5. The molecule has 1 aromatic carbocycles. The van der Waals surface area contributed by atoms with E-state index in [1.54, 1.807) is 58.2 Å². The van der Waals surface area contributed by atoms with Crippen molar-refractivity contribution in [3.05, 3.63) is 29.8 Å². The van der Waals surface area contributed by atoms with E-state index in [2.05, 4.69) is 21.2 Å². The number of hydrogen-bond acceptors (Lipinski definition) is 6. The summed E-state index contributed by atoms with van der Waals surface area (Å²) in [4.78, 5) is 34.3. The highest BCUT2D eigenvalue weighted by molar-refractivity contribution is 5.91. The van der Waals surface area contributed by atoms with Gasteiger partial charge in [-0.25, -0.2) is 15.0 Å². The van der Waals surface area contributed by atoms with Gasteiger partial charge in [-0.1, -0.05) is 12.1 Å². The molecule has 3 amide bonds. The first-order valence-corrected chi connectivity index (χ1v) is 8.49. The smallest absolute Gasteiger partial charge is 0.428 e. The highest BCUT2D eigenvalue weighted by atomic mass is 16.6. The highest BCUT2D eigenvalue weighted by Gasteiger charge is 2.15. The number of ether oxygens (including phenoxy) is 2. The lowest BCUT2D eigenvalue weighted by Crippen LogP contribution is -2.34. The van der Waals surface area contributed by atoms with Gasteiger partial charge in [0, 0.05) is 18.3 Å². The van der Waals surface area contributed by atoms with Gasteiger partial charge in [-0.05, 0) is 45.4 Å². The van der Waals surface area contributed by atoms with Crippen LogP contribution >= 0.6 is 0 Å². The van der Waals surface area contributed by atoms with Gasteiger partial charge in [0.05, 0.1) is 6.61 Å². The molecule has 1 aromatic rings. The maximum Gasteiger partial charge on any atom is 0.428 e. The predicted octanol–water partition coefficient (Wildman–Crippen LogP) is 2.42. The van der Waals surface area contributed by atoms with Gasteiger partial charge in [-0.15, -0.1) is 0 Å². The number of hydrogen-bond donors (Lipinski definition) is 3. The number of anilines is 1. The van der Waals surface area contributed by atoms with Crippen molar-refractivity contribution in [2.75, 3.05) is 18.5 Å². The summed E-state index contributed by atoms with van der Waals surface area (Å²) >= 11 is 0. The van der Waals surface area contributed by atoms with E-state index >= 15 is 0 Å². The van der Waals surface area contributed by atoms with Gasteiger partial charge in [0.2, 0.25) is 0 Å². The molecule has 0 radical (unpaired) electrons. The van der Waals surface area contributed by atoms with Gasteiger partial charge >= 0.3 is 18.1 Å². The lowest BCUT2D eigenvalue weighted by molar-refractivity contribution is -0.141. The number of urea groups is 1. The third kappa shape index (κ3) is 10.5. The van der Waals surface area contributed by atoms with Crippen molar-refractivity contribution < 1.29 is 23.9 Å². The minimum absolute atomic E-state index is 0.196. The van der Waals surface area contributed by atoms with Gasteiger partial charge in [-0.3, -0.25) is 4.79 Å². The SMILES string of the molecule is CCOC(=O)CNC(=O)Nc1ccc(CC=NNC(=O)OC(C)(C)C)cc1. The molecule has 0 heterocycles. The number of nitrogens with zero attached hydrogens (tertiary/aromatic N) is 1. The first-order chi connectivity index (χ1) is 12.7. The number of amides is 3. The zero-order valence-corrected chi connectivity index (χ0v) is 16.0. The average molecular weight is 378 g/mol. The van der Waals surface area contributed by atoms with E-state index in [1.807, 2.05) is 0 Å². The second-order valence-electron chi connectivity index (χ2n) is 6.44. The normalized spacial score (nSPS) is 11.0. The maximum absolute atomic E-state index is 11.7. The van der Waals surface area contributed by atoms with Crippen LogP contribution in [0.3, 0.4) is 0 Å². The second-order valence-corrected chi connectivity index (χ2v) is 6.44. The number of esters is 1. The number of carbonyl (C=O) groups is 3. The fraction of sp³-hybridized carbons (Fsp3) is 0.444. The first-order valence-electron chi connectivity index (χ1n) is 8.49. The minimum Gasteiger partial charge on any atom is -0.465 e. The Morgan fingerprint density at radius 1 is 1.15 bits per heavy atom. The summed E-state index contributed by atoms with van der Waals surface area (Å²) in [5, 5.41) is 8.81. The van der Waals surface area contributed by atoms with Crippen LogP contribution in [0.25, 0.3) is 0 Å². The standard InChI is InChI=1S/C18H26N4O5/c1-5-26-15(23)12-19-16(24)21-14-8-6-13(7-9-14)10-11-20-22-17(25)27-18(2,3)4/h6-9,11H,5,10,12H2,1-4H3,(H,22,25)(H2,19,21,24). The fourth-order valence-electron chi connectivity index (χ4n) is 1.81. The molecule has 0 atom stereocenters. The van der Waals surface area contributed by atoms with Crippen molar-refractivity contribution in [2.45, 2.75) is 39.7 Å². The summed E-state index contributed by atoms with van der Waals surface area (Å²) in [6.45, 7) is 7.06. The van der Waals surface area contributed by atoms with E-state index in [1.165, 1.54) is 0 Å². The summed E-state index contributed by atoms with van der Waals surface area (Å²) in [6.07, 6.45) is 1.41. The molecule has 148 valence electrons. The lowest BCUT2D eigenvalue weighted by atomic mass is 10.1. The average Bonchev–Trinajstić information content (AvgIpc) is 2.57. The van der Waals surface area contributed by atoms with E-state index in [-0.39, 0.29) is 13.2 Å². The third-order valence-electron chi connectivity index (χ3n) is 2.88. The molecule has 0 aliphatic heterocycles. The molecule has 0 spiro atoms. The van der Waals surface area contributed by atoms with Crippen LogP contribution in [0, 0.1) is 0 Å². The second kappa shape index (κ2) is 10.8. The minimum atomic E-state index is -0.618. The number of carbonyl (C=O) groups excluding carboxylic acids is 3. The first kappa shape index (κ1) is 21.9. The molecule has 27 heavy (non-hydrogen) atoms. The summed E-state index contributed by atoms with van der Waals surface area (Å²) in [5.74, 6) is -0.498. The number of rotatable bonds is 7. The van der Waals surface area contributed by atoms with Gasteiger partial charge in [0.15, 0.2) is 0 Å². The van der Waals surface area contributed by atoms with E-state index < -0.39 is 23.7 Å². The van der Waals surface area contributed by atoms with Crippen molar-refractivity contribution in [3.8, 4) is 0 Å². The molecule has 0 unspecified atom stereocenters. The van der Waals surface area contributed by atoms with Crippen molar-refractivity contribution in [3.63, 3.8) is 0 Å². The summed E-state index contributed by atoms with van der Waals surface area (Å²) in [7, 11) is 0. The molecule has 9 nitrogen and oxygen atoms in total. The maximum atomic E-state index is 11.7. The van der Waals surface area contributed by atoms with Crippen LogP contribution in [0.5, 0.6) is 0 Å². The van der Waals surface area contributed by atoms with Crippen LogP contribution in [0.15, 0.2) is 29.4 Å². The zero-order chi connectivity index (χ0) is 20.3. The topological polar surface area (TPSA) is 118 Å². The number of benzene rings is 1. The number of hydrazone groups is 1. The molecule has 3 N–H and O–H groups in total. The Morgan fingerprint density at radius 2 is 1.81 bits per heavy atom. The van der Waals surface area contributed by atoms with Crippen LogP contribution in [-0.4, -0.2) is 43.1 Å². The van der Waals surface area contributed by atoms with E-state index in [9.17, 15) is 14.4 Å². The molecule has 0 aromatic heterocycles. The van der Waals surface area contributed by atoms with Crippen molar-refractivity contribution in [2.24, 2.45) is 5.10 Å². The molecule has 0 aliphatic rings. The summed E-state index contributed by atoms with van der Waals surface area (Å²) < 4.78 is 9.77. The van der Waals surface area contributed by atoms with Gasteiger partial charge in [0.1, 0.15) is 12.1 Å². The Morgan fingerprint density at radius 3 is 2.41 bits per heavy atom. The summed E-state index contributed by atoms with van der Waals surface area (Å²) in [5.41, 5.74) is 3.21. The van der Waals surface area contributed by atoms with Crippen LogP contribution < -0.4 is 16.1 Å². The monoisotopic (exact) mass is 378 g/mol. The fourth-order valence-corrected chi connectivity index (χ4v) is 1.81. The molecule has 0 saturated heterocycles. The molecule has 0 bridgehead atoms. The summed E-state index contributed by atoms with van der Waals surface area (Å²) in [6, 6.07) is 6.54. The molecular weight excluding hydrogens is 352 g/mol. The van der Waals surface area contributed by atoms with Crippen molar-refractivity contribution >= 4 is 30.0 Å². The Labute approximate surface area is 158 Å². The quantitative estimate of drug-likeness (QED) is 0.383. The third-order valence-corrected chi connectivity index (χ3v) is 2.88. The molecule has 0 saturated carbocycles. The number of nitrogens with one attached hydrogen (secondary N) is 3. The molecule has 0 aliphatic carbocycles. The van der Waals surface area contributed by atoms with E-state index in [4.69, 9.17) is 9.47 Å². The molecule has 1 rings (SSSR count). The largest absolute Gasteiger partial charge is 0.465 e. The lowest BCUT2D eigenvalue weighted by Gasteiger charge is -2.18. The van der Waals surface area contributed by atoms with Gasteiger partial charge < -0.3 is 20.1 Å². The van der Waals surface area contributed by atoms with Crippen molar-refractivity contribution in [1.29, 1.82) is 0 Å². The van der Waals surface area contributed by atoms with Crippen LogP contribution in [0.2, 0.25) is 0 Å². The van der Waals surface area contributed by atoms with Crippen molar-refractivity contribution in [1.82, 2.24) is 10.7 Å². The highest BCUT2D eigenvalue weighted by Crippen LogP contribution is 2.09. The van der Waals surface area contributed by atoms with Gasteiger partial charge in [-0.2, -0.15) is 5.10 Å². The van der Waals surface area contributed by atoms with Crippen LogP contribution in [0.4, 0.5) is 15.3 Å². The Balaban J connectivity index is 2.37. The molecule has 9 heteroatoms. The van der Waals surface area contributed by atoms with Gasteiger partial charge in [0.25, 0.3) is 0 Å². The van der Waals surface area contributed by atoms with Crippen LogP contribution in [0.1, 0.15) is 33.3 Å². The van der Waals surface area contributed by atoms with E-state index in [0.29, 0.717) is 12.1 Å². The Bertz CT molecular complexity index is 665. The molecule has 0 fully saturated rings. The zero-order valence-electron chi connectivity index (χ0n) is 16.0. The Hall–Kier alpha value is -3.10. The Kier molecular flexibility index (Phi) is 8.77. The predicted molar refractivity (Wildman–Crippen MR) is 102 cm³/mol. The van der Waals surface area contributed by atoms with Crippen LogP contribution in [-0.2, 0) is 20.7 Å². The van der Waals surface area contributed by atoms with E-state index in [0.717, 1.165) is 5.56 Å².